The third-order valence-electron chi connectivity index (χ3n) is 12.1. The van der Waals surface area contributed by atoms with Crippen LogP contribution in [0.1, 0.15) is 112 Å². The second-order valence-corrected chi connectivity index (χ2v) is 19.2. The molecular formula is C46H78N14O12. The minimum absolute atomic E-state index is 0.0212. The molecule has 26 heteroatoms. The number of carboxylic acids is 2. The van der Waals surface area contributed by atoms with E-state index in [1.807, 2.05) is 20.8 Å². The van der Waals surface area contributed by atoms with Gasteiger partial charge in [0.2, 0.25) is 47.3 Å². The summed E-state index contributed by atoms with van der Waals surface area (Å²) >= 11 is 0. The number of guanidine groups is 1. The van der Waals surface area contributed by atoms with Crippen LogP contribution in [0, 0.1) is 23.7 Å². The van der Waals surface area contributed by atoms with Gasteiger partial charge in [-0.1, -0.05) is 61.8 Å². The van der Waals surface area contributed by atoms with Gasteiger partial charge >= 0.3 is 11.9 Å². The Bertz CT molecular complexity index is 2040. The van der Waals surface area contributed by atoms with Gasteiger partial charge in [0, 0.05) is 37.8 Å². The maximum Gasteiger partial charge on any atom is 0.326 e. The molecule has 1 fully saturated rings. The lowest BCUT2D eigenvalue weighted by Crippen LogP contribution is -2.60. The lowest BCUT2D eigenvalue weighted by atomic mass is 9.97. The molecule has 404 valence electrons. The van der Waals surface area contributed by atoms with Crippen LogP contribution in [0.5, 0.6) is 0 Å². The molecule has 72 heavy (non-hydrogen) atoms. The molecule has 2 rings (SSSR count). The van der Waals surface area contributed by atoms with Crippen molar-refractivity contribution in [3.8, 4) is 0 Å². The highest BCUT2D eigenvalue weighted by atomic mass is 16.4. The van der Waals surface area contributed by atoms with Crippen LogP contribution in [0.4, 0.5) is 0 Å². The van der Waals surface area contributed by atoms with E-state index in [4.69, 9.17) is 17.2 Å². The van der Waals surface area contributed by atoms with Crippen molar-refractivity contribution in [2.24, 2.45) is 45.9 Å². The molecule has 0 spiro atoms. The zero-order valence-electron chi connectivity index (χ0n) is 42.6. The highest BCUT2D eigenvalue weighted by molar-refractivity contribution is 5.98. The van der Waals surface area contributed by atoms with Crippen molar-refractivity contribution in [1.82, 2.24) is 52.1 Å². The molecule has 8 amide bonds. The fourth-order valence-corrected chi connectivity index (χ4v) is 7.73. The molecule has 26 nitrogen and oxygen atoms in total. The smallest absolute Gasteiger partial charge is 0.326 e. The highest BCUT2D eigenvalue weighted by Crippen LogP contribution is 2.21. The van der Waals surface area contributed by atoms with Crippen molar-refractivity contribution in [3.05, 3.63) is 18.2 Å². The number of aliphatic carboxylic acids is 2. The number of carbonyl (C=O) groups excluding carboxylic acids is 8. The highest BCUT2D eigenvalue weighted by Gasteiger charge is 2.41. The number of aromatic amines is 1. The number of likely N-dealkylation sites (tertiary alicyclic amines) is 1. The molecular weight excluding hydrogens is 941 g/mol. The van der Waals surface area contributed by atoms with Crippen LogP contribution in [0.2, 0.25) is 0 Å². The molecule has 9 atom stereocenters. The average Bonchev–Trinajstić information content (AvgIpc) is 4.02. The number of aliphatic imine (C=N–C) groups is 1. The number of nitrogens with zero attached hydrogens (tertiary/aromatic N) is 3. The first-order valence-corrected chi connectivity index (χ1v) is 24.4. The van der Waals surface area contributed by atoms with E-state index >= 15 is 0 Å². The van der Waals surface area contributed by atoms with Gasteiger partial charge in [-0.25, -0.2) is 9.78 Å². The Morgan fingerprint density at radius 3 is 1.94 bits per heavy atom. The largest absolute Gasteiger partial charge is 0.481 e. The molecule has 0 saturated carbocycles. The second-order valence-electron chi connectivity index (χ2n) is 19.2. The van der Waals surface area contributed by atoms with Gasteiger partial charge in [-0.3, -0.25) is 48.1 Å². The Hall–Kier alpha value is -6.86. The quantitative estimate of drug-likeness (QED) is 0.0211. The summed E-state index contributed by atoms with van der Waals surface area (Å²) in [4.78, 5) is 145. The molecule has 1 aliphatic heterocycles. The van der Waals surface area contributed by atoms with Crippen molar-refractivity contribution in [3.63, 3.8) is 0 Å². The van der Waals surface area contributed by atoms with Gasteiger partial charge in [-0.2, -0.15) is 0 Å². The summed E-state index contributed by atoms with van der Waals surface area (Å²) in [6.07, 6.45) is 3.02. The molecule has 0 radical (unpaired) electrons. The third kappa shape index (κ3) is 20.5. The Morgan fingerprint density at radius 2 is 1.39 bits per heavy atom. The standard InChI is InChI=1S/C46H78N14O12/c1-9-26(8)35(47)42(68)56-30(18-23(2)3)40(66)54-28(12-10-16-51-46(48)49)39(65)55-29(14-15-34(62)63)44(70)60-17-11-13-32(60)41(67)59-36(24(4)5)43(69)57-31(19-27-20-50-22-53-27)38(64)52-21-33(61)58-37(25(6)7)45(71)72/h20,22-26,28-32,35-37H,9-19,21,47H2,1-8H3,(H,50,53)(H,52,64)(H,54,66)(H,55,65)(H,56,68)(H,57,69)(H,58,61)(H,59,67)(H,62,63)(H,71,72)(H4,48,49,51)/t26-,28-,29-,30-,31-,32-,35-,36-,37-/m0/s1. The normalized spacial score (nSPS) is 16.7. The molecule has 1 aromatic heterocycles. The number of carbonyl (C=O) groups is 10. The van der Waals surface area contributed by atoms with Crippen molar-refractivity contribution in [2.45, 2.75) is 162 Å². The van der Waals surface area contributed by atoms with E-state index in [1.165, 1.54) is 17.4 Å². The first kappa shape index (κ1) is 61.3. The third-order valence-corrected chi connectivity index (χ3v) is 12.1. The fraction of sp³-hybridized carbons (Fsp3) is 0.696. The predicted octanol–water partition coefficient (Wildman–Crippen LogP) is -2.30. The predicted molar refractivity (Wildman–Crippen MR) is 263 cm³/mol. The van der Waals surface area contributed by atoms with Gasteiger partial charge in [0.25, 0.3) is 0 Å². The van der Waals surface area contributed by atoms with E-state index in [0.717, 1.165) is 0 Å². The van der Waals surface area contributed by atoms with Gasteiger partial charge in [0.15, 0.2) is 5.96 Å². The average molecular weight is 1020 g/mol. The number of imidazole rings is 1. The van der Waals surface area contributed by atoms with Crippen LogP contribution in [0.25, 0.3) is 0 Å². The van der Waals surface area contributed by atoms with Crippen molar-refractivity contribution in [2.75, 3.05) is 19.6 Å². The summed E-state index contributed by atoms with van der Waals surface area (Å²) in [5.41, 5.74) is 17.6. The van der Waals surface area contributed by atoms with Gasteiger partial charge < -0.3 is 74.5 Å². The Morgan fingerprint density at radius 1 is 0.778 bits per heavy atom. The first-order valence-electron chi connectivity index (χ1n) is 24.4. The topological polar surface area (TPSA) is 418 Å². The zero-order valence-corrected chi connectivity index (χ0v) is 42.6. The maximum atomic E-state index is 14.4. The van der Waals surface area contributed by atoms with Crippen LogP contribution in [0.15, 0.2) is 17.5 Å². The molecule has 2 heterocycles. The molecule has 1 saturated heterocycles. The molecule has 1 aromatic rings. The number of aromatic nitrogens is 2. The molecule has 0 bridgehead atoms. The summed E-state index contributed by atoms with van der Waals surface area (Å²) in [5, 5.41) is 37.1. The summed E-state index contributed by atoms with van der Waals surface area (Å²) in [7, 11) is 0. The summed E-state index contributed by atoms with van der Waals surface area (Å²) < 4.78 is 0. The fourth-order valence-electron chi connectivity index (χ4n) is 7.73. The lowest BCUT2D eigenvalue weighted by molar-refractivity contribution is -0.144. The SMILES string of the molecule is CC[C@H](C)[C@H](N)C(=O)N[C@@H](CC(C)C)C(=O)N[C@@H](CCCN=C(N)N)C(=O)N[C@@H](CCC(=O)O)C(=O)N1CCC[C@H]1C(=O)N[C@H](C(=O)N[C@@H](Cc1cnc[nH]1)C(=O)NCC(=O)N[C@H](C(=O)O)C(C)C)C(C)C. The van der Waals surface area contributed by atoms with Crippen molar-refractivity contribution in [1.29, 1.82) is 0 Å². The zero-order chi connectivity index (χ0) is 54.4. The van der Waals surface area contributed by atoms with Gasteiger partial charge in [-0.15, -0.1) is 0 Å². The summed E-state index contributed by atoms with van der Waals surface area (Å²) in [6, 6.07) is -9.86. The molecule has 0 unspecified atom stereocenters. The van der Waals surface area contributed by atoms with Gasteiger partial charge in [-0.05, 0) is 62.2 Å². The van der Waals surface area contributed by atoms with E-state index in [0.29, 0.717) is 18.5 Å². The monoisotopic (exact) mass is 1020 g/mol. The van der Waals surface area contributed by atoms with Crippen LogP contribution < -0.4 is 54.4 Å². The van der Waals surface area contributed by atoms with Crippen LogP contribution in [0.3, 0.4) is 0 Å². The number of rotatable bonds is 31. The number of amides is 8. The number of H-pyrrole nitrogens is 1. The molecule has 0 aromatic carbocycles. The van der Waals surface area contributed by atoms with Crippen LogP contribution in [-0.4, -0.2) is 158 Å². The number of nitrogens with one attached hydrogen (secondary N) is 8. The van der Waals surface area contributed by atoms with E-state index in [2.05, 4.69) is 52.2 Å². The molecule has 0 aliphatic carbocycles. The summed E-state index contributed by atoms with van der Waals surface area (Å²) in [5.74, 6) is -10.2. The van der Waals surface area contributed by atoms with Crippen molar-refractivity contribution >= 4 is 65.2 Å². The maximum absolute atomic E-state index is 14.4. The van der Waals surface area contributed by atoms with Crippen molar-refractivity contribution < 1.29 is 58.2 Å². The minimum atomic E-state index is -1.51. The van der Waals surface area contributed by atoms with E-state index in [-0.39, 0.29) is 63.0 Å². The lowest BCUT2D eigenvalue weighted by Gasteiger charge is -2.31. The van der Waals surface area contributed by atoms with E-state index < -0.39 is 139 Å². The first-order chi connectivity index (χ1) is 33.8. The Balaban J connectivity index is 2.36. The van der Waals surface area contributed by atoms with Gasteiger partial charge in [0.1, 0.15) is 42.3 Å². The number of hydrogen-bond acceptors (Lipinski definition) is 13. The molecule has 16 N–H and O–H groups in total. The van der Waals surface area contributed by atoms with E-state index in [9.17, 15) is 58.2 Å². The van der Waals surface area contributed by atoms with Crippen LogP contribution in [-0.2, 0) is 54.4 Å². The Labute approximate surface area is 419 Å². The number of carboxylic acid groups (broad SMARTS) is 2. The van der Waals surface area contributed by atoms with E-state index in [1.54, 1.807) is 34.6 Å². The minimum Gasteiger partial charge on any atom is -0.481 e. The number of hydrogen-bond donors (Lipinski definition) is 13. The Kier molecular flexibility index (Phi) is 25.6. The van der Waals surface area contributed by atoms with Gasteiger partial charge in [0.05, 0.1) is 18.9 Å². The number of nitrogens with two attached hydrogens (primary N) is 3. The summed E-state index contributed by atoms with van der Waals surface area (Å²) in [6.45, 7) is 13.3. The van der Waals surface area contributed by atoms with Crippen LogP contribution >= 0.6 is 0 Å². The second kappa shape index (κ2) is 30.1. The molecule has 1 aliphatic rings.